The van der Waals surface area contributed by atoms with Crippen LogP contribution in [0.4, 0.5) is 22.0 Å². The van der Waals surface area contributed by atoms with E-state index in [9.17, 15) is 4.39 Å². The maximum Gasteiger partial charge on any atom is 0.325 e. The number of likely N-dealkylation sites (N-methyl/N-ethyl adjacent to an activating group) is 1. The van der Waals surface area contributed by atoms with Crippen LogP contribution >= 0.6 is 0 Å². The molecule has 166 valence electrons. The van der Waals surface area contributed by atoms with Crippen LogP contribution in [0, 0.1) is 19.7 Å². The first-order valence-corrected chi connectivity index (χ1v) is 10.4. The number of nitrogens with zero attached hydrogens (tertiary/aromatic N) is 6. The number of aryl methyl sites for hydroxylation is 2. The van der Waals surface area contributed by atoms with Gasteiger partial charge in [0.15, 0.2) is 5.82 Å². The highest BCUT2D eigenvalue weighted by Crippen LogP contribution is 2.29. The lowest BCUT2D eigenvalue weighted by atomic mass is 10.2. The van der Waals surface area contributed by atoms with Gasteiger partial charge in [0, 0.05) is 49.4 Å². The van der Waals surface area contributed by atoms with E-state index in [4.69, 9.17) is 4.74 Å². The summed E-state index contributed by atoms with van der Waals surface area (Å²) in [4.78, 5) is 20.8. The molecule has 3 aromatic heterocycles. The number of aromatic nitrogens is 6. The van der Waals surface area contributed by atoms with Gasteiger partial charge in [-0.05, 0) is 33.0 Å². The molecule has 4 aromatic rings. The third-order valence-corrected chi connectivity index (χ3v) is 5.35. The Morgan fingerprint density at radius 3 is 2.59 bits per heavy atom. The highest BCUT2D eigenvalue weighted by Gasteiger charge is 2.19. The predicted octanol–water partition coefficient (Wildman–Crippen LogP) is 3.12. The second-order valence-electron chi connectivity index (χ2n) is 7.98. The number of rotatable bonds is 5. The fourth-order valence-corrected chi connectivity index (χ4v) is 3.71. The molecule has 0 radical (unpaired) electrons. The first-order chi connectivity index (χ1) is 15.4. The molecule has 5 rings (SSSR count). The van der Waals surface area contributed by atoms with E-state index in [0.29, 0.717) is 28.9 Å². The molecule has 0 aliphatic carbocycles. The van der Waals surface area contributed by atoms with Crippen LogP contribution in [0.15, 0.2) is 24.3 Å². The van der Waals surface area contributed by atoms with Crippen molar-refractivity contribution in [3.63, 3.8) is 0 Å². The second-order valence-corrected chi connectivity index (χ2v) is 7.98. The van der Waals surface area contributed by atoms with Crippen molar-refractivity contribution in [2.75, 3.05) is 43.4 Å². The van der Waals surface area contributed by atoms with E-state index in [1.165, 1.54) is 6.07 Å². The van der Waals surface area contributed by atoms with Gasteiger partial charge in [-0.1, -0.05) is 0 Å². The molecule has 0 bridgehead atoms. The Morgan fingerprint density at radius 2 is 1.84 bits per heavy atom. The molecule has 11 heteroatoms. The molecule has 0 spiro atoms. The molecular weight excluding hydrogens is 413 g/mol. The van der Waals surface area contributed by atoms with Crippen molar-refractivity contribution < 1.29 is 9.13 Å². The molecule has 1 aliphatic heterocycles. The van der Waals surface area contributed by atoms with Crippen molar-refractivity contribution in [3.05, 3.63) is 41.6 Å². The minimum atomic E-state index is -0.393. The summed E-state index contributed by atoms with van der Waals surface area (Å²) in [6.45, 7) is 7.21. The van der Waals surface area contributed by atoms with E-state index < -0.39 is 5.82 Å². The van der Waals surface area contributed by atoms with Gasteiger partial charge in [-0.3, -0.25) is 5.10 Å². The lowest BCUT2D eigenvalue weighted by Gasteiger charge is -2.33. The van der Waals surface area contributed by atoms with Gasteiger partial charge in [0.25, 0.3) is 0 Å². The van der Waals surface area contributed by atoms with Gasteiger partial charge < -0.3 is 24.8 Å². The summed E-state index contributed by atoms with van der Waals surface area (Å²) in [6.07, 6.45) is 0. The quantitative estimate of drug-likeness (QED) is 0.437. The number of piperazine rings is 1. The van der Waals surface area contributed by atoms with Crippen LogP contribution in [-0.2, 0) is 0 Å². The van der Waals surface area contributed by atoms with Crippen LogP contribution in [-0.4, -0.2) is 68.3 Å². The molecule has 0 unspecified atom stereocenters. The number of ether oxygens (including phenoxy) is 1. The number of nitrogens with one attached hydrogen (secondary N) is 3. The largest absolute Gasteiger partial charge is 0.424 e. The first-order valence-electron chi connectivity index (χ1n) is 10.4. The Bertz CT molecular complexity index is 1260. The standard InChI is InChI=1S/C21H24FN9O/c1-12-8-14-9-15(10-16(22)19(14)23-12)32-21-26-17(25-20-24-13(2)28-29-20)11-18(27-21)31-6-4-30(3)5-7-31/h8-11,23H,4-7H2,1-3H3,(H2,24,25,26,27,28,29). The average molecular weight is 437 g/mol. The average Bonchev–Trinajstić information content (AvgIpc) is 3.33. The molecule has 1 fully saturated rings. The van der Waals surface area contributed by atoms with Crippen molar-refractivity contribution in [1.82, 2.24) is 35.0 Å². The molecule has 1 saturated heterocycles. The Labute approximate surface area is 183 Å². The molecule has 0 saturated carbocycles. The number of H-pyrrole nitrogens is 2. The summed E-state index contributed by atoms with van der Waals surface area (Å²) in [5.74, 6) is 2.22. The van der Waals surface area contributed by atoms with E-state index in [0.717, 1.165) is 43.1 Å². The fourth-order valence-electron chi connectivity index (χ4n) is 3.71. The summed E-state index contributed by atoms with van der Waals surface area (Å²) >= 11 is 0. The smallest absolute Gasteiger partial charge is 0.325 e. The highest BCUT2D eigenvalue weighted by molar-refractivity contribution is 5.82. The van der Waals surface area contributed by atoms with E-state index >= 15 is 0 Å². The maximum atomic E-state index is 14.5. The van der Waals surface area contributed by atoms with E-state index in [1.54, 1.807) is 6.07 Å². The summed E-state index contributed by atoms with van der Waals surface area (Å²) in [6, 6.07) is 6.91. The number of hydrogen-bond acceptors (Lipinski definition) is 8. The zero-order valence-corrected chi connectivity index (χ0v) is 18.1. The minimum absolute atomic E-state index is 0.113. The van der Waals surface area contributed by atoms with E-state index in [2.05, 4.69) is 52.3 Å². The zero-order valence-electron chi connectivity index (χ0n) is 18.1. The van der Waals surface area contributed by atoms with Crippen molar-refractivity contribution in [2.45, 2.75) is 13.8 Å². The SMILES string of the molecule is Cc1cc2cc(Oc3nc(Nc4n[nH]c(C)n4)cc(N4CCN(C)CC4)n3)cc(F)c2[nH]1. The predicted molar refractivity (Wildman–Crippen MR) is 119 cm³/mol. The lowest BCUT2D eigenvalue weighted by molar-refractivity contribution is 0.311. The second kappa shape index (κ2) is 8.08. The third-order valence-electron chi connectivity index (χ3n) is 5.35. The highest BCUT2D eigenvalue weighted by atomic mass is 19.1. The molecular formula is C21H24FN9O. The van der Waals surface area contributed by atoms with Gasteiger partial charge >= 0.3 is 6.01 Å². The number of benzene rings is 1. The summed E-state index contributed by atoms with van der Waals surface area (Å²) in [5.41, 5.74) is 1.32. The lowest BCUT2D eigenvalue weighted by Crippen LogP contribution is -2.44. The first kappa shape index (κ1) is 20.2. The number of hydrogen-bond donors (Lipinski definition) is 3. The number of anilines is 3. The van der Waals surface area contributed by atoms with Crippen LogP contribution in [0.5, 0.6) is 11.8 Å². The molecule has 3 N–H and O–H groups in total. The molecule has 10 nitrogen and oxygen atoms in total. The van der Waals surface area contributed by atoms with Gasteiger partial charge in [-0.2, -0.15) is 15.0 Å². The zero-order chi connectivity index (χ0) is 22.2. The Hall–Kier alpha value is -3.73. The Balaban J connectivity index is 1.48. The van der Waals surface area contributed by atoms with E-state index in [1.807, 2.05) is 26.0 Å². The van der Waals surface area contributed by atoms with Crippen LogP contribution in [0.3, 0.4) is 0 Å². The summed E-state index contributed by atoms with van der Waals surface area (Å²) in [7, 11) is 2.10. The fraction of sp³-hybridized carbons (Fsp3) is 0.333. The molecule has 32 heavy (non-hydrogen) atoms. The van der Waals surface area contributed by atoms with Gasteiger partial charge in [-0.25, -0.2) is 4.39 Å². The number of aromatic amines is 2. The number of fused-ring (bicyclic) bond motifs is 1. The third kappa shape index (κ3) is 4.19. The van der Waals surface area contributed by atoms with Crippen LogP contribution in [0.2, 0.25) is 0 Å². The van der Waals surface area contributed by atoms with Crippen molar-refractivity contribution >= 4 is 28.5 Å². The Morgan fingerprint density at radius 1 is 1.03 bits per heavy atom. The summed E-state index contributed by atoms with van der Waals surface area (Å²) in [5, 5.41) is 10.7. The van der Waals surface area contributed by atoms with Gasteiger partial charge in [0.05, 0.1) is 5.52 Å². The minimum Gasteiger partial charge on any atom is -0.424 e. The van der Waals surface area contributed by atoms with Crippen molar-refractivity contribution in [2.24, 2.45) is 0 Å². The molecule has 1 aromatic carbocycles. The van der Waals surface area contributed by atoms with Crippen LogP contribution in [0.1, 0.15) is 11.5 Å². The monoisotopic (exact) mass is 437 g/mol. The molecule has 1 aliphatic rings. The van der Waals surface area contributed by atoms with E-state index in [-0.39, 0.29) is 6.01 Å². The molecule has 4 heterocycles. The van der Waals surface area contributed by atoms with Crippen molar-refractivity contribution in [1.29, 1.82) is 0 Å². The maximum absolute atomic E-state index is 14.5. The topological polar surface area (TPSA) is 111 Å². The van der Waals surface area contributed by atoms with Gasteiger partial charge in [0.2, 0.25) is 5.95 Å². The Kier molecular flexibility index (Phi) is 5.10. The summed E-state index contributed by atoms with van der Waals surface area (Å²) < 4.78 is 20.5. The molecule has 0 atom stereocenters. The van der Waals surface area contributed by atoms with Crippen molar-refractivity contribution in [3.8, 4) is 11.8 Å². The van der Waals surface area contributed by atoms with Gasteiger partial charge in [0.1, 0.15) is 23.2 Å². The normalized spacial score (nSPS) is 14.8. The van der Waals surface area contributed by atoms with Gasteiger partial charge in [-0.15, -0.1) is 5.10 Å². The van der Waals surface area contributed by atoms with Crippen LogP contribution in [0.25, 0.3) is 10.9 Å². The molecule has 0 amide bonds. The van der Waals surface area contributed by atoms with Crippen LogP contribution < -0.4 is 15.0 Å². The number of halogens is 1.